The summed E-state index contributed by atoms with van der Waals surface area (Å²) in [5.74, 6) is -2.83. The van der Waals surface area contributed by atoms with E-state index in [1.165, 1.54) is 0 Å². The number of carbonyl (C=O) groups is 4. The standard InChI is InChI=1S/C24H38N4O7/c1-22(2,3)33-19(30)16(26-21(32)35-24(7,8)9)13-15-14-17(20(31)34-23(4,5)6)27-28(18(15)29)12-10-11-25/h15-16H,10,12-14H2,1-9H3,(H,26,32)/t15-,16-/m0/s1. The van der Waals surface area contributed by atoms with Crippen LogP contribution < -0.4 is 5.32 Å². The minimum Gasteiger partial charge on any atom is -0.458 e. The first-order valence-corrected chi connectivity index (χ1v) is 11.5. The summed E-state index contributed by atoms with van der Waals surface area (Å²) in [4.78, 5) is 51.1. The second kappa shape index (κ2) is 11.5. The minimum absolute atomic E-state index is 0.00475. The molecule has 0 aromatic carbocycles. The van der Waals surface area contributed by atoms with Gasteiger partial charge in [-0.15, -0.1) is 0 Å². The predicted octanol–water partition coefficient (Wildman–Crippen LogP) is 3.07. The van der Waals surface area contributed by atoms with Crippen LogP contribution in [0.15, 0.2) is 5.10 Å². The first kappa shape index (κ1) is 29.9. The molecule has 1 aliphatic rings. The van der Waals surface area contributed by atoms with Crippen LogP contribution in [0, 0.1) is 17.2 Å². The summed E-state index contributed by atoms with van der Waals surface area (Å²) in [7, 11) is 0. The molecule has 0 spiro atoms. The van der Waals surface area contributed by atoms with Crippen molar-refractivity contribution in [1.82, 2.24) is 10.3 Å². The lowest BCUT2D eigenvalue weighted by atomic mass is 9.91. The highest BCUT2D eigenvalue weighted by Crippen LogP contribution is 2.25. The van der Waals surface area contributed by atoms with Crippen LogP contribution in [0.2, 0.25) is 0 Å². The summed E-state index contributed by atoms with van der Waals surface area (Å²) in [6.07, 6.45) is -1.13. The number of nitrogens with one attached hydrogen (secondary N) is 1. The van der Waals surface area contributed by atoms with Gasteiger partial charge in [0, 0.05) is 12.3 Å². The molecule has 0 aromatic rings. The average Bonchev–Trinajstić information content (AvgIpc) is 2.63. The van der Waals surface area contributed by atoms with Gasteiger partial charge in [0.15, 0.2) is 0 Å². The van der Waals surface area contributed by atoms with Crippen molar-refractivity contribution in [3.05, 3.63) is 0 Å². The Morgan fingerprint density at radius 1 is 1.03 bits per heavy atom. The fourth-order valence-electron chi connectivity index (χ4n) is 3.05. The van der Waals surface area contributed by atoms with Crippen molar-refractivity contribution in [3.63, 3.8) is 0 Å². The number of esters is 2. The van der Waals surface area contributed by atoms with E-state index in [2.05, 4.69) is 10.4 Å². The molecule has 1 N–H and O–H groups in total. The highest BCUT2D eigenvalue weighted by molar-refractivity contribution is 6.37. The second-order valence-electron chi connectivity index (χ2n) is 11.3. The molecule has 0 unspecified atom stereocenters. The van der Waals surface area contributed by atoms with Crippen LogP contribution in [-0.2, 0) is 28.6 Å². The Balaban J connectivity index is 3.23. The third-order valence-corrected chi connectivity index (χ3v) is 4.26. The molecule has 0 aliphatic carbocycles. The molecular formula is C24H38N4O7. The van der Waals surface area contributed by atoms with E-state index in [0.717, 1.165) is 5.01 Å². The number of amides is 2. The molecule has 196 valence electrons. The van der Waals surface area contributed by atoms with Gasteiger partial charge >= 0.3 is 18.0 Å². The predicted molar refractivity (Wildman–Crippen MR) is 127 cm³/mol. The summed E-state index contributed by atoms with van der Waals surface area (Å²) in [5.41, 5.74) is -2.45. The van der Waals surface area contributed by atoms with Gasteiger partial charge in [0.05, 0.1) is 19.0 Å². The molecule has 0 saturated carbocycles. The van der Waals surface area contributed by atoms with Crippen LogP contribution in [0.3, 0.4) is 0 Å². The van der Waals surface area contributed by atoms with Crippen molar-refractivity contribution < 1.29 is 33.4 Å². The van der Waals surface area contributed by atoms with E-state index in [-0.39, 0.29) is 31.5 Å². The molecule has 0 saturated heterocycles. The van der Waals surface area contributed by atoms with Crippen LogP contribution in [0.25, 0.3) is 0 Å². The molecule has 0 bridgehead atoms. The molecule has 1 heterocycles. The van der Waals surface area contributed by atoms with Crippen LogP contribution in [-0.4, -0.2) is 64.0 Å². The van der Waals surface area contributed by atoms with Crippen LogP contribution in [0.4, 0.5) is 4.79 Å². The third-order valence-electron chi connectivity index (χ3n) is 4.26. The number of alkyl carbamates (subject to hydrolysis) is 1. The Labute approximate surface area is 207 Å². The monoisotopic (exact) mass is 494 g/mol. The maximum absolute atomic E-state index is 13.1. The highest BCUT2D eigenvalue weighted by Gasteiger charge is 2.39. The molecule has 35 heavy (non-hydrogen) atoms. The molecule has 2 atom stereocenters. The van der Waals surface area contributed by atoms with Crippen LogP contribution in [0.5, 0.6) is 0 Å². The number of nitrogens with zero attached hydrogens (tertiary/aromatic N) is 3. The average molecular weight is 495 g/mol. The maximum Gasteiger partial charge on any atom is 0.408 e. The number of ether oxygens (including phenoxy) is 3. The van der Waals surface area contributed by atoms with Gasteiger partial charge in [-0.25, -0.2) is 19.4 Å². The van der Waals surface area contributed by atoms with E-state index in [4.69, 9.17) is 19.5 Å². The summed E-state index contributed by atoms with van der Waals surface area (Å²) in [5, 5.41) is 16.6. The van der Waals surface area contributed by atoms with E-state index in [1.807, 2.05) is 6.07 Å². The Bertz CT molecular complexity index is 886. The fourth-order valence-corrected chi connectivity index (χ4v) is 3.05. The largest absolute Gasteiger partial charge is 0.458 e. The number of hydrazone groups is 1. The summed E-state index contributed by atoms with van der Waals surface area (Å²) >= 11 is 0. The SMILES string of the molecule is CC(C)(C)OC(=O)N[C@@H](C[C@H]1CC(C(=O)OC(C)(C)C)=NN(CCC#N)C1=O)C(=O)OC(C)(C)C. The van der Waals surface area contributed by atoms with E-state index >= 15 is 0 Å². The molecule has 2 amide bonds. The van der Waals surface area contributed by atoms with E-state index in [9.17, 15) is 19.2 Å². The highest BCUT2D eigenvalue weighted by atomic mass is 16.6. The zero-order valence-corrected chi connectivity index (χ0v) is 22.2. The Morgan fingerprint density at radius 2 is 1.57 bits per heavy atom. The van der Waals surface area contributed by atoms with Gasteiger partial charge in [0.2, 0.25) is 5.91 Å². The fraction of sp³-hybridized carbons (Fsp3) is 0.750. The molecule has 11 heteroatoms. The number of hydrogen-bond acceptors (Lipinski definition) is 9. The van der Waals surface area contributed by atoms with Crippen molar-refractivity contribution in [2.75, 3.05) is 6.54 Å². The topological polar surface area (TPSA) is 147 Å². The quantitative estimate of drug-likeness (QED) is 0.419. The number of rotatable bonds is 7. The molecular weight excluding hydrogens is 456 g/mol. The lowest BCUT2D eigenvalue weighted by molar-refractivity contribution is -0.158. The van der Waals surface area contributed by atoms with Crippen molar-refractivity contribution >= 4 is 29.7 Å². The Hall–Kier alpha value is -3.16. The van der Waals surface area contributed by atoms with Gasteiger partial charge in [-0.1, -0.05) is 0 Å². The first-order valence-electron chi connectivity index (χ1n) is 11.5. The van der Waals surface area contributed by atoms with Crippen molar-refractivity contribution in [2.45, 2.75) is 104 Å². The zero-order chi connectivity index (χ0) is 27.2. The Kier molecular flexibility index (Phi) is 9.83. The first-order chi connectivity index (χ1) is 15.8. The van der Waals surface area contributed by atoms with E-state index < -0.39 is 52.7 Å². The Morgan fingerprint density at radius 3 is 2.06 bits per heavy atom. The van der Waals surface area contributed by atoms with Gasteiger partial charge in [-0.2, -0.15) is 10.4 Å². The van der Waals surface area contributed by atoms with E-state index in [0.29, 0.717) is 0 Å². The molecule has 0 radical (unpaired) electrons. The normalized spacial score (nSPS) is 17.6. The molecule has 11 nitrogen and oxygen atoms in total. The second-order valence-corrected chi connectivity index (χ2v) is 11.3. The maximum atomic E-state index is 13.1. The minimum atomic E-state index is -1.23. The third kappa shape index (κ3) is 11.2. The van der Waals surface area contributed by atoms with Crippen LogP contribution in [0.1, 0.15) is 81.6 Å². The lowest BCUT2D eigenvalue weighted by Gasteiger charge is -2.32. The van der Waals surface area contributed by atoms with Gasteiger partial charge in [-0.3, -0.25) is 4.79 Å². The summed E-state index contributed by atoms with van der Waals surface area (Å²) in [6.45, 7) is 15.1. The van der Waals surface area contributed by atoms with Crippen LogP contribution >= 0.6 is 0 Å². The smallest absolute Gasteiger partial charge is 0.408 e. The summed E-state index contributed by atoms with van der Waals surface area (Å²) in [6, 6.07) is 0.710. The van der Waals surface area contributed by atoms with Crippen molar-refractivity contribution in [2.24, 2.45) is 11.0 Å². The molecule has 0 fully saturated rings. The van der Waals surface area contributed by atoms with Crippen molar-refractivity contribution in [3.8, 4) is 6.07 Å². The van der Waals surface area contributed by atoms with Gasteiger partial charge < -0.3 is 19.5 Å². The summed E-state index contributed by atoms with van der Waals surface area (Å²) < 4.78 is 16.1. The lowest BCUT2D eigenvalue weighted by Crippen LogP contribution is -2.50. The number of carbonyl (C=O) groups excluding carboxylic acids is 4. The van der Waals surface area contributed by atoms with E-state index in [1.54, 1.807) is 62.3 Å². The molecule has 1 rings (SSSR count). The molecule has 1 aliphatic heterocycles. The number of hydrogen-bond donors (Lipinski definition) is 1. The van der Waals surface area contributed by atoms with Crippen molar-refractivity contribution in [1.29, 1.82) is 5.26 Å². The van der Waals surface area contributed by atoms with Gasteiger partial charge in [0.1, 0.15) is 28.6 Å². The van der Waals surface area contributed by atoms with Gasteiger partial charge in [0.25, 0.3) is 0 Å². The number of nitriles is 1. The zero-order valence-electron chi connectivity index (χ0n) is 22.2. The van der Waals surface area contributed by atoms with Gasteiger partial charge in [-0.05, 0) is 68.7 Å². The molecule has 0 aromatic heterocycles.